The molecule has 0 saturated carbocycles. The Kier molecular flexibility index (Phi) is 10.9. The number of carboxylic acid groups (broad SMARTS) is 2. The van der Waals surface area contributed by atoms with Gasteiger partial charge in [0.1, 0.15) is 11.4 Å². The second-order valence-corrected chi connectivity index (χ2v) is 11.3. The highest BCUT2D eigenvalue weighted by Gasteiger charge is 2.38. The second-order valence-electron chi connectivity index (χ2n) is 11.3. The Morgan fingerprint density at radius 3 is 2.49 bits per heavy atom. The Bertz CT molecular complexity index is 1410. The maximum atomic E-state index is 12.0. The van der Waals surface area contributed by atoms with Crippen LogP contribution in [0.3, 0.4) is 0 Å². The van der Waals surface area contributed by atoms with Crippen molar-refractivity contribution in [3.63, 3.8) is 0 Å². The van der Waals surface area contributed by atoms with E-state index < -0.39 is 24.0 Å². The molecule has 3 aromatic rings. The molecule has 2 atom stereocenters. The largest absolute Gasteiger partial charge is 0.490 e. The first-order chi connectivity index (χ1) is 20.1. The molecule has 0 fully saturated rings. The number of ether oxygens (including phenoxy) is 1. The molecule has 3 heterocycles. The highest BCUT2D eigenvalue weighted by atomic mass is 19.4. The highest BCUT2D eigenvalue weighted by Crippen LogP contribution is 2.33. The molecule has 13 heteroatoms. The lowest BCUT2D eigenvalue weighted by Crippen LogP contribution is -2.40. The van der Waals surface area contributed by atoms with E-state index in [0.717, 1.165) is 48.7 Å². The van der Waals surface area contributed by atoms with Gasteiger partial charge in [0.2, 0.25) is 0 Å². The monoisotopic (exact) mass is 605 g/mol. The predicted molar refractivity (Wildman–Crippen MR) is 151 cm³/mol. The van der Waals surface area contributed by atoms with E-state index in [0.29, 0.717) is 12.8 Å². The van der Waals surface area contributed by atoms with E-state index in [2.05, 4.69) is 59.2 Å². The van der Waals surface area contributed by atoms with Crippen LogP contribution >= 0.6 is 0 Å². The van der Waals surface area contributed by atoms with Crippen LogP contribution in [0.15, 0.2) is 42.9 Å². The zero-order valence-corrected chi connectivity index (χ0v) is 24.9. The van der Waals surface area contributed by atoms with Gasteiger partial charge in [0.05, 0.1) is 11.6 Å². The summed E-state index contributed by atoms with van der Waals surface area (Å²) in [5.74, 6) is -3.28. The number of pyridine rings is 1. The number of rotatable bonds is 9. The van der Waals surface area contributed by atoms with Crippen molar-refractivity contribution in [3.8, 4) is 5.75 Å². The number of aliphatic carboxylic acids is 2. The number of hydrogen-bond donors (Lipinski definition) is 2. The lowest BCUT2D eigenvalue weighted by atomic mass is 9.82. The number of carboxylic acids is 2. The summed E-state index contributed by atoms with van der Waals surface area (Å²) in [5.41, 5.74) is 5.09. The van der Waals surface area contributed by atoms with Crippen molar-refractivity contribution < 1.29 is 37.7 Å². The topological polar surface area (TPSA) is 131 Å². The Hall–Kier alpha value is -4.00. The van der Waals surface area contributed by atoms with Gasteiger partial charge < -0.3 is 14.9 Å². The number of carbonyl (C=O) groups is 2. The summed E-state index contributed by atoms with van der Waals surface area (Å²) in [6, 6.07) is 8.34. The van der Waals surface area contributed by atoms with Crippen LogP contribution in [0.2, 0.25) is 0 Å². The molecule has 0 saturated heterocycles. The lowest BCUT2D eigenvalue weighted by molar-refractivity contribution is -0.192. The van der Waals surface area contributed by atoms with Crippen LogP contribution in [-0.4, -0.2) is 65.4 Å². The van der Waals surface area contributed by atoms with Crippen LogP contribution in [0, 0.1) is 12.8 Å². The number of fused-ring (bicyclic) bond motifs is 1. The van der Waals surface area contributed by atoms with Crippen LogP contribution in [0.1, 0.15) is 68.0 Å². The zero-order chi connectivity index (χ0) is 31.9. The molecule has 1 aromatic carbocycles. The first-order valence-corrected chi connectivity index (χ1v) is 13.9. The summed E-state index contributed by atoms with van der Waals surface area (Å²) in [4.78, 5) is 27.6. The third kappa shape index (κ3) is 9.50. The van der Waals surface area contributed by atoms with Gasteiger partial charge in [-0.05, 0) is 69.2 Å². The molecule has 0 bridgehead atoms. The third-order valence-corrected chi connectivity index (χ3v) is 7.30. The fourth-order valence-corrected chi connectivity index (χ4v) is 5.03. The van der Waals surface area contributed by atoms with E-state index in [1.807, 2.05) is 25.4 Å². The van der Waals surface area contributed by atoms with Gasteiger partial charge in [-0.1, -0.05) is 30.3 Å². The minimum absolute atomic E-state index is 0.123. The van der Waals surface area contributed by atoms with Crippen molar-refractivity contribution in [1.82, 2.24) is 24.9 Å². The molecule has 2 N–H and O–H groups in total. The lowest BCUT2D eigenvalue weighted by Gasteiger charge is -2.30. The van der Waals surface area contributed by atoms with Crippen molar-refractivity contribution in [2.45, 2.75) is 84.8 Å². The number of halogens is 3. The number of aryl methyl sites for hydroxylation is 3. The van der Waals surface area contributed by atoms with Gasteiger partial charge in [0, 0.05) is 50.3 Å². The standard InChI is InChI=1S/C28H37N5O3.C2HF3O2/c1-6-33-17-24(30-31-33)9-10-25(20(3)27(34)35)21-8-7-19(2)22(13-21)15-32-16-23-14-29-12-11-26(23)36-28(4,5)18-32;3-2(4,5)1(6)7/h7-8,11-14,17,20,25H,6,9-10,15-16,18H2,1-5H3,(H,34,35);(H,6,7). The minimum Gasteiger partial charge on any atom is -0.486 e. The molecular weight excluding hydrogens is 567 g/mol. The van der Waals surface area contributed by atoms with E-state index in [1.165, 1.54) is 11.1 Å². The smallest absolute Gasteiger partial charge is 0.486 e. The molecule has 1 aliphatic heterocycles. The van der Waals surface area contributed by atoms with Crippen molar-refractivity contribution in [3.05, 3.63) is 70.8 Å². The van der Waals surface area contributed by atoms with Crippen molar-refractivity contribution in [1.29, 1.82) is 0 Å². The average Bonchev–Trinajstić information content (AvgIpc) is 3.33. The summed E-state index contributed by atoms with van der Waals surface area (Å²) in [6.45, 7) is 13.2. The molecule has 1 aliphatic rings. The fraction of sp³-hybridized carbons (Fsp3) is 0.500. The maximum absolute atomic E-state index is 12.0. The van der Waals surface area contributed by atoms with E-state index in [1.54, 1.807) is 17.8 Å². The van der Waals surface area contributed by atoms with Gasteiger partial charge in [-0.3, -0.25) is 19.4 Å². The predicted octanol–water partition coefficient (Wildman–Crippen LogP) is 5.25. The minimum atomic E-state index is -5.08. The van der Waals surface area contributed by atoms with E-state index >= 15 is 0 Å². The van der Waals surface area contributed by atoms with Crippen molar-refractivity contribution >= 4 is 11.9 Å². The molecular formula is C30H38F3N5O5. The fourth-order valence-electron chi connectivity index (χ4n) is 5.03. The van der Waals surface area contributed by atoms with Gasteiger partial charge in [-0.2, -0.15) is 13.2 Å². The van der Waals surface area contributed by atoms with Gasteiger partial charge in [0.15, 0.2) is 0 Å². The molecule has 10 nitrogen and oxygen atoms in total. The third-order valence-electron chi connectivity index (χ3n) is 7.30. The molecule has 234 valence electrons. The molecule has 2 unspecified atom stereocenters. The molecule has 0 radical (unpaired) electrons. The van der Waals surface area contributed by atoms with Gasteiger partial charge in [-0.15, -0.1) is 5.10 Å². The van der Waals surface area contributed by atoms with Crippen LogP contribution in [0.25, 0.3) is 0 Å². The molecule has 2 aromatic heterocycles. The van der Waals surface area contributed by atoms with Crippen LogP contribution in [0.4, 0.5) is 13.2 Å². The normalized spacial score (nSPS) is 16.1. The van der Waals surface area contributed by atoms with Crippen LogP contribution < -0.4 is 4.74 Å². The Morgan fingerprint density at radius 1 is 1.19 bits per heavy atom. The summed E-state index contributed by atoms with van der Waals surface area (Å²) in [5, 5.41) is 25.4. The summed E-state index contributed by atoms with van der Waals surface area (Å²) in [7, 11) is 0. The summed E-state index contributed by atoms with van der Waals surface area (Å²) < 4.78 is 39.8. The molecule has 43 heavy (non-hydrogen) atoms. The van der Waals surface area contributed by atoms with Crippen LogP contribution in [0.5, 0.6) is 5.75 Å². The van der Waals surface area contributed by atoms with Gasteiger partial charge in [-0.25, -0.2) is 4.79 Å². The van der Waals surface area contributed by atoms with Gasteiger partial charge in [0.25, 0.3) is 0 Å². The molecule has 0 aliphatic carbocycles. The van der Waals surface area contributed by atoms with Crippen LogP contribution in [-0.2, 0) is 35.6 Å². The first-order valence-electron chi connectivity index (χ1n) is 13.9. The molecule has 0 spiro atoms. The van der Waals surface area contributed by atoms with E-state index in [-0.39, 0.29) is 11.5 Å². The molecule has 4 rings (SSSR count). The number of benzene rings is 1. The average molecular weight is 606 g/mol. The summed E-state index contributed by atoms with van der Waals surface area (Å²) >= 11 is 0. The van der Waals surface area contributed by atoms with E-state index in [9.17, 15) is 23.1 Å². The van der Waals surface area contributed by atoms with Crippen molar-refractivity contribution in [2.75, 3.05) is 6.54 Å². The van der Waals surface area contributed by atoms with Crippen molar-refractivity contribution in [2.24, 2.45) is 5.92 Å². The second kappa shape index (κ2) is 14.0. The van der Waals surface area contributed by atoms with E-state index in [4.69, 9.17) is 14.6 Å². The number of hydrogen-bond acceptors (Lipinski definition) is 7. The quantitative estimate of drug-likeness (QED) is 0.336. The highest BCUT2D eigenvalue weighted by molar-refractivity contribution is 5.73. The Morgan fingerprint density at radius 2 is 1.88 bits per heavy atom. The van der Waals surface area contributed by atoms with Gasteiger partial charge >= 0.3 is 18.1 Å². The maximum Gasteiger partial charge on any atom is 0.490 e. The zero-order valence-electron chi connectivity index (χ0n) is 24.9. The number of nitrogens with zero attached hydrogens (tertiary/aromatic N) is 5. The SMILES string of the molecule is CCn1cc(CCC(c2ccc(C)c(CN3Cc4cnccc4OC(C)(C)C3)c2)C(C)C(=O)O)nn1.O=C(O)C(F)(F)F. The first kappa shape index (κ1) is 33.5. The Labute approximate surface area is 248 Å². The molecule has 0 amide bonds. The number of alkyl halides is 3. The summed E-state index contributed by atoms with van der Waals surface area (Å²) in [6.07, 6.45) is 1.89. The number of aromatic nitrogens is 4. The Balaban J connectivity index is 0.000000646.